The zero-order chi connectivity index (χ0) is 16.1. The van der Waals surface area contributed by atoms with E-state index in [2.05, 4.69) is 4.98 Å². The van der Waals surface area contributed by atoms with Gasteiger partial charge in [-0.25, -0.2) is 4.98 Å². The van der Waals surface area contributed by atoms with Crippen molar-refractivity contribution in [2.45, 2.75) is 29.5 Å². The number of hydrogen-bond acceptors (Lipinski definition) is 3. The molecule has 0 bridgehead atoms. The fraction of sp³-hybridized carbons (Fsp3) is 0.333. The summed E-state index contributed by atoms with van der Waals surface area (Å²) in [5.74, 6) is 0.178. The Bertz CT molecular complexity index is 642. The summed E-state index contributed by atoms with van der Waals surface area (Å²) in [5, 5.41) is 1.16. The summed E-state index contributed by atoms with van der Waals surface area (Å²) in [6.45, 7) is 1.72. The lowest BCUT2D eigenvalue weighted by molar-refractivity contribution is -0.131. The predicted molar refractivity (Wildman–Crippen MR) is 94.7 cm³/mol. The van der Waals surface area contributed by atoms with Crippen molar-refractivity contribution in [1.82, 2.24) is 9.88 Å². The Balaban J connectivity index is 1.84. The smallest absolute Gasteiger partial charge is 0.240 e. The number of benzene rings is 1. The number of thioether (sulfide) groups is 1. The Hall–Kier alpha value is -1.52. The molecule has 1 fully saturated rings. The van der Waals surface area contributed by atoms with Crippen molar-refractivity contribution < 1.29 is 4.79 Å². The molecule has 1 atom stereocenters. The van der Waals surface area contributed by atoms with E-state index in [0.29, 0.717) is 5.02 Å². The molecule has 1 unspecified atom stereocenters. The van der Waals surface area contributed by atoms with Gasteiger partial charge in [0, 0.05) is 19.3 Å². The third-order valence-corrected chi connectivity index (χ3v) is 5.35. The van der Waals surface area contributed by atoms with E-state index in [9.17, 15) is 4.79 Å². The Morgan fingerprint density at radius 3 is 2.48 bits per heavy atom. The number of nitrogens with zero attached hydrogens (tertiary/aromatic N) is 2. The normalized spacial score (nSPS) is 16.1. The van der Waals surface area contributed by atoms with Gasteiger partial charge in [0.2, 0.25) is 5.91 Å². The van der Waals surface area contributed by atoms with Crippen LogP contribution in [0.4, 0.5) is 0 Å². The van der Waals surface area contributed by atoms with E-state index in [1.54, 1.807) is 6.20 Å². The maximum absolute atomic E-state index is 13.0. The molecule has 2 heterocycles. The SMILES string of the molecule is O=C(C(Sc1ccc(Cl)cn1)c1ccccc1)N1CCCCC1. The highest BCUT2D eigenvalue weighted by Gasteiger charge is 2.28. The highest BCUT2D eigenvalue weighted by atomic mass is 35.5. The average Bonchev–Trinajstić information content (AvgIpc) is 2.62. The largest absolute Gasteiger partial charge is 0.341 e. The van der Waals surface area contributed by atoms with Crippen LogP contribution in [-0.2, 0) is 4.79 Å². The van der Waals surface area contributed by atoms with Gasteiger partial charge in [0.1, 0.15) is 5.25 Å². The van der Waals surface area contributed by atoms with Crippen LogP contribution < -0.4 is 0 Å². The predicted octanol–water partition coefficient (Wildman–Crippen LogP) is 4.58. The average molecular weight is 347 g/mol. The van der Waals surface area contributed by atoms with Crippen LogP contribution in [0.25, 0.3) is 0 Å². The number of pyridine rings is 1. The highest BCUT2D eigenvalue weighted by Crippen LogP contribution is 2.36. The molecule has 0 aliphatic carbocycles. The number of halogens is 1. The van der Waals surface area contributed by atoms with E-state index in [1.165, 1.54) is 18.2 Å². The number of hydrogen-bond donors (Lipinski definition) is 0. The number of carbonyl (C=O) groups excluding carboxylic acids is 1. The van der Waals surface area contributed by atoms with Crippen LogP contribution in [-0.4, -0.2) is 28.9 Å². The van der Waals surface area contributed by atoms with Gasteiger partial charge in [-0.05, 0) is 37.0 Å². The summed E-state index contributed by atoms with van der Waals surface area (Å²) >= 11 is 7.39. The molecule has 1 saturated heterocycles. The van der Waals surface area contributed by atoms with Crippen LogP contribution in [0.2, 0.25) is 5.02 Å². The summed E-state index contributed by atoms with van der Waals surface area (Å²) in [6.07, 6.45) is 5.03. The lowest BCUT2D eigenvalue weighted by Crippen LogP contribution is -2.38. The number of rotatable bonds is 4. The maximum Gasteiger partial charge on any atom is 0.240 e. The summed E-state index contributed by atoms with van der Waals surface area (Å²) < 4.78 is 0. The van der Waals surface area contributed by atoms with E-state index in [4.69, 9.17) is 11.6 Å². The summed E-state index contributed by atoms with van der Waals surface area (Å²) in [5.41, 5.74) is 1.02. The summed E-state index contributed by atoms with van der Waals surface area (Å²) in [6, 6.07) is 13.6. The first-order chi connectivity index (χ1) is 11.2. The molecule has 1 amide bonds. The van der Waals surface area contributed by atoms with Gasteiger partial charge in [0.15, 0.2) is 0 Å². The Kier molecular flexibility index (Phi) is 5.57. The van der Waals surface area contributed by atoms with Gasteiger partial charge in [-0.15, -0.1) is 0 Å². The second-order valence-electron chi connectivity index (χ2n) is 5.61. The molecule has 1 aliphatic rings. The molecule has 120 valence electrons. The second kappa shape index (κ2) is 7.84. The van der Waals surface area contributed by atoms with Crippen LogP contribution in [0.3, 0.4) is 0 Å². The van der Waals surface area contributed by atoms with Crippen molar-refractivity contribution in [3.8, 4) is 0 Å². The molecule has 2 aromatic rings. The number of likely N-dealkylation sites (tertiary alicyclic amines) is 1. The first-order valence-electron chi connectivity index (χ1n) is 7.86. The maximum atomic E-state index is 13.0. The molecule has 1 aromatic carbocycles. The monoisotopic (exact) mass is 346 g/mol. The van der Waals surface area contributed by atoms with E-state index in [-0.39, 0.29) is 11.2 Å². The van der Waals surface area contributed by atoms with Crippen molar-refractivity contribution in [2.24, 2.45) is 0 Å². The van der Waals surface area contributed by atoms with Crippen LogP contribution in [0.1, 0.15) is 30.1 Å². The Labute approximate surface area is 146 Å². The Morgan fingerprint density at radius 1 is 1.09 bits per heavy atom. The van der Waals surface area contributed by atoms with Crippen LogP contribution in [0, 0.1) is 0 Å². The van der Waals surface area contributed by atoms with E-state index in [1.807, 2.05) is 47.4 Å². The minimum atomic E-state index is -0.261. The first kappa shape index (κ1) is 16.3. The molecule has 0 spiro atoms. The molecular formula is C18H19ClN2OS. The van der Waals surface area contributed by atoms with Crippen LogP contribution >= 0.6 is 23.4 Å². The van der Waals surface area contributed by atoms with Crippen molar-refractivity contribution in [3.05, 3.63) is 59.2 Å². The molecule has 0 N–H and O–H groups in total. The minimum absolute atomic E-state index is 0.178. The molecular weight excluding hydrogens is 328 g/mol. The number of piperidine rings is 1. The third kappa shape index (κ3) is 4.27. The van der Waals surface area contributed by atoms with Gasteiger partial charge >= 0.3 is 0 Å². The van der Waals surface area contributed by atoms with Gasteiger partial charge in [0.25, 0.3) is 0 Å². The van der Waals surface area contributed by atoms with E-state index in [0.717, 1.165) is 36.5 Å². The molecule has 0 radical (unpaired) electrons. The zero-order valence-electron chi connectivity index (χ0n) is 12.8. The van der Waals surface area contributed by atoms with Gasteiger partial charge in [-0.1, -0.05) is 53.7 Å². The molecule has 1 aromatic heterocycles. The van der Waals surface area contributed by atoms with E-state index >= 15 is 0 Å². The molecule has 23 heavy (non-hydrogen) atoms. The quantitative estimate of drug-likeness (QED) is 0.760. The molecule has 3 rings (SSSR count). The van der Waals surface area contributed by atoms with Gasteiger partial charge in [-0.2, -0.15) is 0 Å². The van der Waals surface area contributed by atoms with Crippen LogP contribution in [0.5, 0.6) is 0 Å². The summed E-state index contributed by atoms with van der Waals surface area (Å²) in [7, 11) is 0. The lowest BCUT2D eigenvalue weighted by Gasteiger charge is -2.30. The van der Waals surface area contributed by atoms with Crippen LogP contribution in [0.15, 0.2) is 53.7 Å². The first-order valence-corrected chi connectivity index (χ1v) is 9.12. The third-order valence-electron chi connectivity index (χ3n) is 3.93. The molecule has 0 saturated carbocycles. The van der Waals surface area contributed by atoms with Gasteiger partial charge in [0.05, 0.1) is 10.0 Å². The minimum Gasteiger partial charge on any atom is -0.341 e. The standard InChI is InChI=1S/C18H19ClN2OS/c19-15-9-10-16(20-13-15)23-17(14-7-3-1-4-8-14)18(22)21-11-5-2-6-12-21/h1,3-4,7-10,13,17H,2,5-6,11-12H2. The zero-order valence-corrected chi connectivity index (χ0v) is 14.4. The number of amides is 1. The topological polar surface area (TPSA) is 33.2 Å². The molecule has 5 heteroatoms. The van der Waals surface area contributed by atoms with Gasteiger partial charge < -0.3 is 4.90 Å². The van der Waals surface area contributed by atoms with Crippen molar-refractivity contribution in [2.75, 3.05) is 13.1 Å². The summed E-state index contributed by atoms with van der Waals surface area (Å²) in [4.78, 5) is 19.3. The van der Waals surface area contributed by atoms with E-state index < -0.39 is 0 Å². The highest BCUT2D eigenvalue weighted by molar-refractivity contribution is 8.00. The van der Waals surface area contributed by atoms with Crippen molar-refractivity contribution in [1.29, 1.82) is 0 Å². The Morgan fingerprint density at radius 2 is 1.83 bits per heavy atom. The van der Waals surface area contributed by atoms with Gasteiger partial charge in [-0.3, -0.25) is 4.79 Å². The van der Waals surface area contributed by atoms with Crippen molar-refractivity contribution in [3.63, 3.8) is 0 Å². The molecule has 1 aliphatic heterocycles. The lowest BCUT2D eigenvalue weighted by atomic mass is 10.1. The second-order valence-corrected chi connectivity index (χ2v) is 7.17. The van der Waals surface area contributed by atoms with Crippen molar-refractivity contribution >= 4 is 29.3 Å². The fourth-order valence-corrected chi connectivity index (χ4v) is 3.88. The number of carbonyl (C=O) groups is 1. The molecule has 3 nitrogen and oxygen atoms in total. The number of aromatic nitrogens is 1. The fourth-order valence-electron chi connectivity index (χ4n) is 2.72.